The maximum atomic E-state index is 6.69. The molecule has 0 radical (unpaired) electrons. The standard InChI is InChI=1S/C51H35N5O/c1-51(2)38-20-5-7-22-41(38)55(46-26-9-10-29-52-46)44-30-31(27-28-39(44)51)32-16-12-23-42-48(32)54-50(37-19-11-17-35-33-14-3-6-21-40(33)53-47(35)37)56(42)43-24-13-18-36-34-15-4-8-25-45(34)57-49(36)43/h3-30,53H,1-2H3. The molecule has 0 unspecified atom stereocenters. The van der Waals surface area contributed by atoms with Crippen LogP contribution in [0.25, 0.3) is 83.0 Å². The molecule has 0 fully saturated rings. The molecule has 12 rings (SSSR count). The zero-order valence-electron chi connectivity index (χ0n) is 31.4. The van der Waals surface area contributed by atoms with E-state index in [9.17, 15) is 0 Å². The largest absolute Gasteiger partial charge is 0.454 e. The highest BCUT2D eigenvalue weighted by Gasteiger charge is 2.37. The number of nitrogens with one attached hydrogen (secondary N) is 1. The molecule has 11 aromatic rings. The summed E-state index contributed by atoms with van der Waals surface area (Å²) in [5, 5.41) is 4.52. The zero-order valence-corrected chi connectivity index (χ0v) is 31.4. The molecule has 0 spiro atoms. The van der Waals surface area contributed by atoms with Crippen molar-refractivity contribution in [3.8, 4) is 28.2 Å². The monoisotopic (exact) mass is 733 g/mol. The van der Waals surface area contributed by atoms with Gasteiger partial charge in [0.2, 0.25) is 0 Å². The number of anilines is 3. The van der Waals surface area contributed by atoms with E-state index < -0.39 is 0 Å². The minimum atomic E-state index is -0.222. The molecule has 0 amide bonds. The van der Waals surface area contributed by atoms with Crippen LogP contribution in [0.5, 0.6) is 0 Å². The van der Waals surface area contributed by atoms with Crippen molar-refractivity contribution in [2.24, 2.45) is 0 Å². The molecule has 0 bridgehead atoms. The number of furan rings is 1. The minimum absolute atomic E-state index is 0.222. The summed E-state index contributed by atoms with van der Waals surface area (Å²) >= 11 is 0. The Balaban J connectivity index is 1.15. The van der Waals surface area contributed by atoms with Crippen molar-refractivity contribution in [1.29, 1.82) is 0 Å². The van der Waals surface area contributed by atoms with Crippen molar-refractivity contribution in [2.75, 3.05) is 4.90 Å². The molecule has 57 heavy (non-hydrogen) atoms. The number of imidazole rings is 1. The lowest BCUT2D eigenvalue weighted by Crippen LogP contribution is -2.30. The van der Waals surface area contributed by atoms with Gasteiger partial charge in [0.15, 0.2) is 5.58 Å². The Morgan fingerprint density at radius 2 is 1.30 bits per heavy atom. The Bertz CT molecular complexity index is 3400. The van der Waals surface area contributed by atoms with E-state index in [1.807, 2.05) is 24.4 Å². The van der Waals surface area contributed by atoms with Crippen molar-refractivity contribution >= 4 is 72.0 Å². The smallest absolute Gasteiger partial charge is 0.159 e. The second-order valence-corrected chi connectivity index (χ2v) is 15.5. The fraction of sp³-hybridized carbons (Fsp3) is 0.0588. The summed E-state index contributed by atoms with van der Waals surface area (Å²) in [6.45, 7) is 4.64. The summed E-state index contributed by atoms with van der Waals surface area (Å²) in [5.74, 6) is 1.72. The van der Waals surface area contributed by atoms with Crippen LogP contribution in [0.2, 0.25) is 0 Å². The number of aromatic amines is 1. The Morgan fingerprint density at radius 3 is 2.21 bits per heavy atom. The van der Waals surface area contributed by atoms with Gasteiger partial charge in [-0.05, 0) is 71.3 Å². The maximum Gasteiger partial charge on any atom is 0.159 e. The van der Waals surface area contributed by atoms with Gasteiger partial charge in [-0.15, -0.1) is 0 Å². The number of pyridine rings is 1. The second kappa shape index (κ2) is 11.8. The summed E-state index contributed by atoms with van der Waals surface area (Å²) in [7, 11) is 0. The van der Waals surface area contributed by atoms with Crippen LogP contribution < -0.4 is 4.90 Å². The van der Waals surface area contributed by atoms with Gasteiger partial charge in [0, 0.05) is 49.8 Å². The molecular formula is C51H35N5O. The Labute approximate surface area is 328 Å². The first-order valence-corrected chi connectivity index (χ1v) is 19.4. The van der Waals surface area contributed by atoms with E-state index in [0.29, 0.717) is 0 Å². The Hall–Kier alpha value is -7.44. The van der Waals surface area contributed by atoms with Gasteiger partial charge in [0.05, 0.1) is 33.6 Å². The van der Waals surface area contributed by atoms with E-state index in [1.165, 1.54) is 16.5 Å². The normalized spacial score (nSPS) is 13.5. The van der Waals surface area contributed by atoms with Gasteiger partial charge in [0.25, 0.3) is 0 Å². The van der Waals surface area contributed by atoms with Gasteiger partial charge in [-0.2, -0.15) is 0 Å². The van der Waals surface area contributed by atoms with Gasteiger partial charge in [0.1, 0.15) is 17.2 Å². The lowest BCUT2D eigenvalue weighted by atomic mass is 9.73. The number of hydrogen-bond donors (Lipinski definition) is 1. The van der Waals surface area contributed by atoms with E-state index in [1.54, 1.807) is 0 Å². The summed E-state index contributed by atoms with van der Waals surface area (Å²) < 4.78 is 8.99. The Kier molecular flexibility index (Phi) is 6.59. The van der Waals surface area contributed by atoms with E-state index in [-0.39, 0.29) is 5.41 Å². The van der Waals surface area contributed by atoms with E-state index in [2.05, 4.69) is 174 Å². The molecule has 7 aromatic carbocycles. The van der Waals surface area contributed by atoms with Crippen LogP contribution in [-0.4, -0.2) is 19.5 Å². The summed E-state index contributed by atoms with van der Waals surface area (Å²) in [5.41, 5.74) is 14.4. The number of rotatable bonds is 4. The fourth-order valence-corrected chi connectivity index (χ4v) is 9.34. The van der Waals surface area contributed by atoms with Crippen LogP contribution in [0.4, 0.5) is 17.2 Å². The molecule has 0 aliphatic carbocycles. The lowest BCUT2D eigenvalue weighted by Gasteiger charge is -2.41. The number of para-hydroxylation sites is 6. The summed E-state index contributed by atoms with van der Waals surface area (Å²) in [6.07, 6.45) is 1.87. The highest BCUT2D eigenvalue weighted by molar-refractivity contribution is 6.13. The molecule has 6 nitrogen and oxygen atoms in total. The van der Waals surface area contributed by atoms with Crippen molar-refractivity contribution in [2.45, 2.75) is 19.3 Å². The first kappa shape index (κ1) is 31.9. The van der Waals surface area contributed by atoms with E-state index in [4.69, 9.17) is 14.4 Å². The first-order chi connectivity index (χ1) is 28.0. The maximum absolute atomic E-state index is 6.69. The van der Waals surface area contributed by atoms with Crippen molar-refractivity contribution in [3.05, 3.63) is 181 Å². The molecule has 1 aliphatic heterocycles. The third-order valence-corrected chi connectivity index (χ3v) is 12.0. The number of benzene rings is 7. The molecular weight excluding hydrogens is 699 g/mol. The van der Waals surface area contributed by atoms with Crippen molar-refractivity contribution < 1.29 is 4.42 Å². The van der Waals surface area contributed by atoms with Crippen LogP contribution in [-0.2, 0) is 5.41 Å². The summed E-state index contributed by atoms with van der Waals surface area (Å²) in [4.78, 5) is 16.6. The van der Waals surface area contributed by atoms with Gasteiger partial charge in [-0.25, -0.2) is 9.97 Å². The average molecular weight is 734 g/mol. The quantitative estimate of drug-likeness (QED) is 0.196. The molecule has 5 heterocycles. The number of hydrogen-bond acceptors (Lipinski definition) is 4. The fourth-order valence-electron chi connectivity index (χ4n) is 9.34. The third kappa shape index (κ3) is 4.52. The molecule has 0 atom stereocenters. The van der Waals surface area contributed by atoms with Crippen LogP contribution >= 0.6 is 0 Å². The molecule has 1 N–H and O–H groups in total. The number of H-pyrrole nitrogens is 1. The number of fused-ring (bicyclic) bond motifs is 9. The van der Waals surface area contributed by atoms with Crippen LogP contribution in [0.15, 0.2) is 174 Å². The molecule has 270 valence electrons. The third-order valence-electron chi connectivity index (χ3n) is 12.0. The van der Waals surface area contributed by atoms with Crippen molar-refractivity contribution in [3.63, 3.8) is 0 Å². The van der Waals surface area contributed by atoms with Gasteiger partial charge >= 0.3 is 0 Å². The molecule has 1 aliphatic rings. The van der Waals surface area contributed by atoms with E-state index >= 15 is 0 Å². The van der Waals surface area contributed by atoms with Crippen LogP contribution in [0, 0.1) is 0 Å². The van der Waals surface area contributed by atoms with E-state index in [0.717, 1.165) is 94.8 Å². The molecule has 0 saturated carbocycles. The molecule has 0 saturated heterocycles. The van der Waals surface area contributed by atoms with Gasteiger partial charge in [-0.1, -0.05) is 123 Å². The average Bonchev–Trinajstić information content (AvgIpc) is 3.96. The van der Waals surface area contributed by atoms with Gasteiger partial charge in [-0.3, -0.25) is 9.47 Å². The van der Waals surface area contributed by atoms with Gasteiger partial charge < -0.3 is 9.40 Å². The predicted octanol–water partition coefficient (Wildman–Crippen LogP) is 13.4. The highest BCUT2D eigenvalue weighted by atomic mass is 16.3. The summed E-state index contributed by atoms with van der Waals surface area (Å²) in [6, 6.07) is 57.9. The molecule has 6 heteroatoms. The molecule has 4 aromatic heterocycles. The topological polar surface area (TPSA) is 62.9 Å². The second-order valence-electron chi connectivity index (χ2n) is 15.5. The highest BCUT2D eigenvalue weighted by Crippen LogP contribution is 2.52. The van der Waals surface area contributed by atoms with Crippen molar-refractivity contribution in [1.82, 2.24) is 19.5 Å². The Morgan fingerprint density at radius 1 is 0.579 bits per heavy atom. The zero-order chi connectivity index (χ0) is 37.8. The van der Waals surface area contributed by atoms with Crippen LogP contribution in [0.3, 0.4) is 0 Å². The number of nitrogens with zero attached hydrogens (tertiary/aromatic N) is 4. The SMILES string of the molecule is CC1(C)c2ccccc2N(c2ccccn2)c2cc(-c3cccc4c3nc(-c3cccc5c3[nH]c3ccccc35)n4-c3cccc4c3oc3ccccc34)ccc21. The minimum Gasteiger partial charge on any atom is -0.454 e. The number of aromatic nitrogens is 4. The lowest BCUT2D eigenvalue weighted by molar-refractivity contribution is 0.631. The first-order valence-electron chi connectivity index (χ1n) is 19.4. The van der Waals surface area contributed by atoms with Crippen LogP contribution in [0.1, 0.15) is 25.0 Å². The predicted molar refractivity (Wildman–Crippen MR) is 233 cm³/mol.